The number of ether oxygens (including phenoxy) is 1. The standard InChI is InChI=1S/C16H18BrFN2O/c1-11(2)19-8-12-3-5-14(20-9-12)10-21-16-7-13(18)4-6-15(16)17/h3-7,9,11,19H,8,10H2,1-2H3. The summed E-state index contributed by atoms with van der Waals surface area (Å²) in [7, 11) is 0. The molecule has 3 nitrogen and oxygen atoms in total. The van der Waals surface area contributed by atoms with E-state index in [1.54, 1.807) is 6.07 Å². The minimum absolute atomic E-state index is 0.305. The lowest BCUT2D eigenvalue weighted by Gasteiger charge is -2.10. The number of nitrogens with zero attached hydrogens (tertiary/aromatic N) is 1. The predicted octanol–water partition coefficient (Wildman–Crippen LogP) is 4.06. The van der Waals surface area contributed by atoms with Gasteiger partial charge in [0.15, 0.2) is 0 Å². The summed E-state index contributed by atoms with van der Waals surface area (Å²) in [4.78, 5) is 4.35. The molecule has 5 heteroatoms. The first-order chi connectivity index (χ1) is 10.0. The van der Waals surface area contributed by atoms with Crippen molar-refractivity contribution in [3.63, 3.8) is 0 Å². The third-order valence-corrected chi connectivity index (χ3v) is 3.52. The van der Waals surface area contributed by atoms with Crippen molar-refractivity contribution < 1.29 is 9.13 Å². The lowest BCUT2D eigenvalue weighted by atomic mass is 10.2. The van der Waals surface area contributed by atoms with Crippen LogP contribution in [0.25, 0.3) is 0 Å². The van der Waals surface area contributed by atoms with Gasteiger partial charge in [-0.05, 0) is 39.7 Å². The fraction of sp³-hybridized carbons (Fsp3) is 0.312. The first-order valence-electron chi connectivity index (χ1n) is 6.79. The highest BCUT2D eigenvalue weighted by molar-refractivity contribution is 9.10. The normalized spacial score (nSPS) is 10.9. The minimum Gasteiger partial charge on any atom is -0.486 e. The second-order valence-electron chi connectivity index (χ2n) is 5.06. The van der Waals surface area contributed by atoms with Crippen LogP contribution < -0.4 is 10.1 Å². The van der Waals surface area contributed by atoms with E-state index in [1.165, 1.54) is 12.1 Å². The zero-order chi connectivity index (χ0) is 15.2. The molecule has 0 aliphatic carbocycles. The van der Waals surface area contributed by atoms with Crippen molar-refractivity contribution in [2.24, 2.45) is 0 Å². The molecule has 21 heavy (non-hydrogen) atoms. The van der Waals surface area contributed by atoms with Crippen molar-refractivity contribution in [2.45, 2.75) is 33.0 Å². The zero-order valence-corrected chi connectivity index (χ0v) is 13.7. The van der Waals surface area contributed by atoms with Crippen molar-refractivity contribution in [3.8, 4) is 5.75 Å². The molecule has 0 bridgehead atoms. The molecule has 0 aliphatic rings. The summed E-state index contributed by atoms with van der Waals surface area (Å²) < 4.78 is 19.5. The summed E-state index contributed by atoms with van der Waals surface area (Å²) in [5.41, 5.74) is 1.93. The number of hydrogen-bond acceptors (Lipinski definition) is 3. The fourth-order valence-electron chi connectivity index (χ4n) is 1.71. The quantitative estimate of drug-likeness (QED) is 0.851. The van der Waals surface area contributed by atoms with E-state index >= 15 is 0 Å². The van der Waals surface area contributed by atoms with Crippen LogP contribution >= 0.6 is 15.9 Å². The smallest absolute Gasteiger partial charge is 0.136 e. The number of pyridine rings is 1. The molecule has 1 aromatic heterocycles. The van der Waals surface area contributed by atoms with Crippen LogP contribution in [0, 0.1) is 5.82 Å². The SMILES string of the molecule is CC(C)NCc1ccc(COc2cc(F)ccc2Br)nc1. The number of aromatic nitrogens is 1. The van der Waals surface area contributed by atoms with Crippen LogP contribution in [0.5, 0.6) is 5.75 Å². The number of rotatable bonds is 6. The van der Waals surface area contributed by atoms with E-state index in [2.05, 4.69) is 40.1 Å². The molecule has 2 rings (SSSR count). The average molecular weight is 353 g/mol. The Labute approximate surface area is 132 Å². The van der Waals surface area contributed by atoms with Gasteiger partial charge in [-0.1, -0.05) is 19.9 Å². The van der Waals surface area contributed by atoms with Gasteiger partial charge >= 0.3 is 0 Å². The molecule has 0 atom stereocenters. The van der Waals surface area contributed by atoms with Crippen molar-refractivity contribution in [1.29, 1.82) is 0 Å². The van der Waals surface area contributed by atoms with E-state index in [-0.39, 0.29) is 5.82 Å². The summed E-state index contributed by atoms with van der Waals surface area (Å²) in [6.45, 7) is 5.31. The molecule has 0 radical (unpaired) electrons. The summed E-state index contributed by atoms with van der Waals surface area (Å²) in [6, 6.07) is 8.74. The third kappa shape index (κ3) is 5.10. The number of hydrogen-bond donors (Lipinski definition) is 1. The Hall–Kier alpha value is -1.46. The van der Waals surface area contributed by atoms with Crippen LogP contribution in [0.3, 0.4) is 0 Å². The Morgan fingerprint density at radius 2 is 2.10 bits per heavy atom. The zero-order valence-electron chi connectivity index (χ0n) is 12.1. The van der Waals surface area contributed by atoms with E-state index in [1.807, 2.05) is 18.3 Å². The summed E-state index contributed by atoms with van der Waals surface area (Å²) in [5.74, 6) is 0.151. The van der Waals surface area contributed by atoms with Gasteiger partial charge in [0.25, 0.3) is 0 Å². The van der Waals surface area contributed by atoms with Crippen LogP contribution in [0.1, 0.15) is 25.1 Å². The first kappa shape index (κ1) is 15.9. The molecular formula is C16H18BrFN2O. The molecule has 1 N–H and O–H groups in total. The van der Waals surface area contributed by atoms with Gasteiger partial charge in [0, 0.05) is 24.8 Å². The van der Waals surface area contributed by atoms with Crippen molar-refractivity contribution in [3.05, 3.63) is 58.1 Å². The van der Waals surface area contributed by atoms with E-state index < -0.39 is 0 Å². The molecule has 0 unspecified atom stereocenters. The van der Waals surface area contributed by atoms with Crippen LogP contribution in [0.2, 0.25) is 0 Å². The van der Waals surface area contributed by atoms with Crippen LogP contribution in [0.4, 0.5) is 4.39 Å². The molecule has 1 heterocycles. The Bertz CT molecular complexity index is 587. The van der Waals surface area contributed by atoms with Crippen LogP contribution in [-0.2, 0) is 13.2 Å². The monoisotopic (exact) mass is 352 g/mol. The molecule has 1 aromatic carbocycles. The number of halogens is 2. The van der Waals surface area contributed by atoms with Gasteiger partial charge in [0.1, 0.15) is 18.2 Å². The lowest BCUT2D eigenvalue weighted by Crippen LogP contribution is -2.21. The molecule has 0 aliphatic heterocycles. The van der Waals surface area contributed by atoms with Gasteiger partial charge in [-0.15, -0.1) is 0 Å². The van der Waals surface area contributed by atoms with Gasteiger partial charge in [-0.25, -0.2) is 4.39 Å². The van der Waals surface area contributed by atoms with Crippen molar-refractivity contribution in [1.82, 2.24) is 10.3 Å². The fourth-order valence-corrected chi connectivity index (χ4v) is 2.07. The molecular weight excluding hydrogens is 335 g/mol. The molecule has 0 saturated carbocycles. The van der Waals surface area contributed by atoms with Gasteiger partial charge in [0.2, 0.25) is 0 Å². The second kappa shape index (κ2) is 7.52. The molecule has 2 aromatic rings. The van der Waals surface area contributed by atoms with E-state index in [0.717, 1.165) is 22.3 Å². The highest BCUT2D eigenvalue weighted by Gasteiger charge is 2.04. The maximum atomic E-state index is 13.2. The molecule has 0 fully saturated rings. The van der Waals surface area contributed by atoms with Crippen LogP contribution in [-0.4, -0.2) is 11.0 Å². The maximum Gasteiger partial charge on any atom is 0.136 e. The summed E-state index contributed by atoms with van der Waals surface area (Å²) in [5, 5.41) is 3.33. The summed E-state index contributed by atoms with van der Waals surface area (Å²) >= 11 is 3.33. The first-order valence-corrected chi connectivity index (χ1v) is 7.59. The number of nitrogens with one attached hydrogen (secondary N) is 1. The Kier molecular flexibility index (Phi) is 5.70. The Balaban J connectivity index is 1.93. The highest BCUT2D eigenvalue weighted by Crippen LogP contribution is 2.26. The number of benzene rings is 1. The van der Waals surface area contributed by atoms with Crippen molar-refractivity contribution in [2.75, 3.05) is 0 Å². The molecule has 0 saturated heterocycles. The molecule has 112 valence electrons. The highest BCUT2D eigenvalue weighted by atomic mass is 79.9. The maximum absolute atomic E-state index is 13.2. The van der Waals surface area contributed by atoms with Gasteiger partial charge < -0.3 is 10.1 Å². The molecule has 0 spiro atoms. The summed E-state index contributed by atoms with van der Waals surface area (Å²) in [6.07, 6.45) is 1.83. The van der Waals surface area contributed by atoms with E-state index in [9.17, 15) is 4.39 Å². The minimum atomic E-state index is -0.323. The third-order valence-electron chi connectivity index (χ3n) is 2.87. The Morgan fingerprint density at radius 3 is 2.76 bits per heavy atom. The topological polar surface area (TPSA) is 34.1 Å². The Morgan fingerprint density at radius 1 is 1.29 bits per heavy atom. The lowest BCUT2D eigenvalue weighted by molar-refractivity contribution is 0.297. The van der Waals surface area contributed by atoms with Crippen molar-refractivity contribution >= 4 is 15.9 Å². The van der Waals surface area contributed by atoms with E-state index in [0.29, 0.717) is 18.4 Å². The molecule has 0 amide bonds. The van der Waals surface area contributed by atoms with Gasteiger partial charge in [-0.3, -0.25) is 4.98 Å². The van der Waals surface area contributed by atoms with Gasteiger partial charge in [-0.2, -0.15) is 0 Å². The average Bonchev–Trinajstić information content (AvgIpc) is 2.47. The largest absolute Gasteiger partial charge is 0.486 e. The second-order valence-corrected chi connectivity index (χ2v) is 5.91. The van der Waals surface area contributed by atoms with Gasteiger partial charge in [0.05, 0.1) is 10.2 Å². The van der Waals surface area contributed by atoms with E-state index in [4.69, 9.17) is 4.74 Å². The predicted molar refractivity (Wildman–Crippen MR) is 84.6 cm³/mol. The van der Waals surface area contributed by atoms with Crippen LogP contribution in [0.15, 0.2) is 41.0 Å².